The molecule has 5 nitrogen and oxygen atoms in total. The SMILES string of the molecule is CC(C)OC(=O)c1cccc(C(=O)Oc2ccc3ccccc3c2)n1. The van der Waals surface area contributed by atoms with Crippen LogP contribution in [-0.4, -0.2) is 23.0 Å². The molecule has 2 aromatic carbocycles. The zero-order valence-corrected chi connectivity index (χ0v) is 13.9. The molecule has 0 saturated heterocycles. The second-order valence-corrected chi connectivity index (χ2v) is 5.76. The van der Waals surface area contributed by atoms with Crippen LogP contribution in [0.15, 0.2) is 60.7 Å². The Kier molecular flexibility index (Phi) is 4.75. The molecule has 5 heteroatoms. The van der Waals surface area contributed by atoms with Crippen LogP contribution in [0, 0.1) is 0 Å². The number of fused-ring (bicyclic) bond motifs is 1. The number of pyridine rings is 1. The summed E-state index contributed by atoms with van der Waals surface area (Å²) in [5.74, 6) is -0.787. The normalized spacial score (nSPS) is 10.7. The molecule has 1 aromatic heterocycles. The minimum absolute atomic E-state index is 0.0476. The summed E-state index contributed by atoms with van der Waals surface area (Å²) in [7, 11) is 0. The van der Waals surface area contributed by atoms with Gasteiger partial charge in [-0.2, -0.15) is 0 Å². The summed E-state index contributed by atoms with van der Waals surface area (Å²) in [4.78, 5) is 28.2. The van der Waals surface area contributed by atoms with Gasteiger partial charge in [0.2, 0.25) is 0 Å². The molecule has 0 saturated carbocycles. The first-order valence-corrected chi connectivity index (χ1v) is 7.92. The van der Waals surface area contributed by atoms with E-state index in [4.69, 9.17) is 9.47 Å². The molecular weight excluding hydrogens is 318 g/mol. The molecular formula is C20H17NO4. The van der Waals surface area contributed by atoms with E-state index in [9.17, 15) is 9.59 Å². The van der Waals surface area contributed by atoms with Gasteiger partial charge in [-0.25, -0.2) is 14.6 Å². The van der Waals surface area contributed by atoms with Gasteiger partial charge in [-0.3, -0.25) is 0 Å². The van der Waals surface area contributed by atoms with Crippen LogP contribution in [0.3, 0.4) is 0 Å². The number of aromatic nitrogens is 1. The van der Waals surface area contributed by atoms with Gasteiger partial charge in [0.05, 0.1) is 6.10 Å². The molecule has 0 aliphatic carbocycles. The molecule has 126 valence electrons. The summed E-state index contributed by atoms with van der Waals surface area (Å²) in [6.45, 7) is 3.49. The Morgan fingerprint density at radius 2 is 1.52 bits per heavy atom. The zero-order chi connectivity index (χ0) is 17.8. The molecule has 25 heavy (non-hydrogen) atoms. The van der Waals surface area contributed by atoms with E-state index < -0.39 is 11.9 Å². The third-order valence-electron chi connectivity index (χ3n) is 3.44. The topological polar surface area (TPSA) is 65.5 Å². The maximum Gasteiger partial charge on any atom is 0.362 e. The van der Waals surface area contributed by atoms with E-state index in [1.165, 1.54) is 12.1 Å². The van der Waals surface area contributed by atoms with Gasteiger partial charge in [0.1, 0.15) is 17.1 Å². The third kappa shape index (κ3) is 4.01. The maximum absolute atomic E-state index is 12.3. The van der Waals surface area contributed by atoms with Crippen molar-refractivity contribution in [3.63, 3.8) is 0 Å². The van der Waals surface area contributed by atoms with Gasteiger partial charge in [0, 0.05) is 0 Å². The van der Waals surface area contributed by atoms with Crippen LogP contribution in [0.2, 0.25) is 0 Å². The first-order valence-electron chi connectivity index (χ1n) is 7.92. The van der Waals surface area contributed by atoms with Crippen LogP contribution in [0.4, 0.5) is 0 Å². The number of carbonyl (C=O) groups is 2. The van der Waals surface area contributed by atoms with Crippen LogP contribution in [0.1, 0.15) is 34.8 Å². The highest BCUT2D eigenvalue weighted by atomic mass is 16.5. The number of esters is 2. The fourth-order valence-electron chi connectivity index (χ4n) is 2.33. The molecule has 3 rings (SSSR count). The monoisotopic (exact) mass is 335 g/mol. The minimum Gasteiger partial charge on any atom is -0.458 e. The summed E-state index contributed by atoms with van der Waals surface area (Å²) in [5.41, 5.74) is 0.119. The van der Waals surface area contributed by atoms with Crippen molar-refractivity contribution in [1.82, 2.24) is 4.98 Å². The molecule has 0 amide bonds. The standard InChI is InChI=1S/C20H17NO4/c1-13(2)24-19(22)17-8-5-9-18(21-17)20(23)25-16-11-10-14-6-3-4-7-15(14)12-16/h3-13H,1-2H3. The average molecular weight is 335 g/mol. The Hall–Kier alpha value is -3.21. The molecule has 0 radical (unpaired) electrons. The summed E-state index contributed by atoms with van der Waals surface area (Å²) >= 11 is 0. The summed E-state index contributed by atoms with van der Waals surface area (Å²) in [5, 5.41) is 2.02. The van der Waals surface area contributed by atoms with Gasteiger partial charge in [-0.15, -0.1) is 0 Å². The van der Waals surface area contributed by atoms with E-state index in [2.05, 4.69) is 4.98 Å². The van der Waals surface area contributed by atoms with E-state index in [0.29, 0.717) is 5.75 Å². The fourth-order valence-corrected chi connectivity index (χ4v) is 2.33. The average Bonchev–Trinajstić information content (AvgIpc) is 2.61. The molecule has 0 spiro atoms. The second kappa shape index (κ2) is 7.13. The first-order chi connectivity index (χ1) is 12.0. The Morgan fingerprint density at radius 3 is 2.24 bits per heavy atom. The summed E-state index contributed by atoms with van der Waals surface area (Å²) < 4.78 is 10.5. The van der Waals surface area contributed by atoms with E-state index in [1.54, 1.807) is 32.0 Å². The molecule has 0 aliphatic rings. The number of rotatable bonds is 4. The largest absolute Gasteiger partial charge is 0.458 e. The number of benzene rings is 2. The fraction of sp³-hybridized carbons (Fsp3) is 0.150. The van der Waals surface area contributed by atoms with Crippen molar-refractivity contribution < 1.29 is 19.1 Å². The predicted octanol–water partition coefficient (Wildman–Crippen LogP) is 4.02. The van der Waals surface area contributed by atoms with Crippen LogP contribution < -0.4 is 4.74 Å². The molecule has 0 atom stereocenters. The van der Waals surface area contributed by atoms with Gasteiger partial charge in [0.25, 0.3) is 0 Å². The van der Waals surface area contributed by atoms with Gasteiger partial charge < -0.3 is 9.47 Å². The summed E-state index contributed by atoms with van der Waals surface area (Å²) in [6.07, 6.45) is -0.262. The van der Waals surface area contributed by atoms with Gasteiger partial charge in [0.15, 0.2) is 0 Å². The predicted molar refractivity (Wildman–Crippen MR) is 93.7 cm³/mol. The molecule has 0 N–H and O–H groups in total. The quantitative estimate of drug-likeness (QED) is 0.532. The molecule has 1 heterocycles. The Labute approximate surface area is 145 Å². The second-order valence-electron chi connectivity index (χ2n) is 5.76. The number of hydrogen-bond donors (Lipinski definition) is 0. The van der Waals surface area contributed by atoms with Gasteiger partial charge in [-0.05, 0) is 48.9 Å². The highest BCUT2D eigenvalue weighted by Crippen LogP contribution is 2.21. The van der Waals surface area contributed by atoms with Crippen molar-refractivity contribution >= 4 is 22.7 Å². The van der Waals surface area contributed by atoms with E-state index in [-0.39, 0.29) is 17.5 Å². The lowest BCUT2D eigenvalue weighted by Crippen LogP contribution is -2.16. The zero-order valence-electron chi connectivity index (χ0n) is 13.9. The number of nitrogens with zero attached hydrogens (tertiary/aromatic N) is 1. The number of ether oxygens (including phenoxy) is 2. The third-order valence-corrected chi connectivity index (χ3v) is 3.44. The van der Waals surface area contributed by atoms with Crippen molar-refractivity contribution in [3.8, 4) is 5.75 Å². The van der Waals surface area contributed by atoms with Crippen LogP contribution >= 0.6 is 0 Å². The smallest absolute Gasteiger partial charge is 0.362 e. The lowest BCUT2D eigenvalue weighted by Gasteiger charge is -2.08. The highest BCUT2D eigenvalue weighted by Gasteiger charge is 2.16. The molecule has 0 unspecified atom stereocenters. The van der Waals surface area contributed by atoms with Crippen molar-refractivity contribution in [3.05, 3.63) is 72.1 Å². The van der Waals surface area contributed by atoms with Crippen molar-refractivity contribution in [2.24, 2.45) is 0 Å². The Balaban J connectivity index is 1.79. The minimum atomic E-state index is -0.630. The van der Waals surface area contributed by atoms with Crippen LogP contribution in [0.5, 0.6) is 5.75 Å². The van der Waals surface area contributed by atoms with Crippen molar-refractivity contribution in [1.29, 1.82) is 0 Å². The van der Waals surface area contributed by atoms with E-state index in [0.717, 1.165) is 10.8 Å². The highest BCUT2D eigenvalue weighted by molar-refractivity contribution is 5.93. The lowest BCUT2D eigenvalue weighted by molar-refractivity contribution is 0.0370. The number of carbonyl (C=O) groups excluding carboxylic acids is 2. The lowest BCUT2D eigenvalue weighted by atomic mass is 10.1. The van der Waals surface area contributed by atoms with E-state index in [1.807, 2.05) is 30.3 Å². The molecule has 0 aliphatic heterocycles. The van der Waals surface area contributed by atoms with Gasteiger partial charge in [-0.1, -0.05) is 36.4 Å². The van der Waals surface area contributed by atoms with Crippen molar-refractivity contribution in [2.45, 2.75) is 20.0 Å². The number of hydrogen-bond acceptors (Lipinski definition) is 5. The Bertz CT molecular complexity index is 934. The molecule has 3 aromatic rings. The Morgan fingerprint density at radius 1 is 0.840 bits per heavy atom. The van der Waals surface area contributed by atoms with Crippen LogP contribution in [-0.2, 0) is 4.74 Å². The molecule has 0 fully saturated rings. The van der Waals surface area contributed by atoms with E-state index >= 15 is 0 Å². The maximum atomic E-state index is 12.3. The molecule has 0 bridgehead atoms. The van der Waals surface area contributed by atoms with Gasteiger partial charge >= 0.3 is 11.9 Å². The van der Waals surface area contributed by atoms with Crippen molar-refractivity contribution in [2.75, 3.05) is 0 Å². The summed E-state index contributed by atoms with van der Waals surface area (Å²) in [6, 6.07) is 17.7. The van der Waals surface area contributed by atoms with Crippen LogP contribution in [0.25, 0.3) is 10.8 Å². The first kappa shape index (κ1) is 16.6.